The molecule has 104 valence electrons. The molecule has 0 fully saturated rings. The van der Waals surface area contributed by atoms with Crippen molar-refractivity contribution in [2.45, 2.75) is 19.6 Å². The average molecular weight is 293 g/mol. The minimum Gasteiger partial charge on any atom is -0.465 e. The summed E-state index contributed by atoms with van der Waals surface area (Å²) in [5.74, 6) is 0.239. The molecule has 6 nitrogen and oxygen atoms in total. The van der Waals surface area contributed by atoms with Gasteiger partial charge in [-0.2, -0.15) is 0 Å². The Kier molecular flexibility index (Phi) is 4.47. The second-order valence-electron chi connectivity index (χ2n) is 4.06. The standard InChI is InChI=1S/C13H13ClN4O2/c1-2-8-5-9(3-4-10(8)14)20-12-7-16-11(6-17-12)13(15)18-19/h3-7,12,15,17H,2H2,1H3. The maximum Gasteiger partial charge on any atom is 0.216 e. The summed E-state index contributed by atoms with van der Waals surface area (Å²) in [5.41, 5.74) is 1.17. The summed E-state index contributed by atoms with van der Waals surface area (Å²) in [6.45, 7) is 2.01. The van der Waals surface area contributed by atoms with E-state index in [1.165, 1.54) is 12.4 Å². The molecule has 7 heteroatoms. The number of nitroso groups, excluding NO2 is 1. The Balaban J connectivity index is 2.03. The molecule has 0 amide bonds. The number of hydrogen-bond acceptors (Lipinski definition) is 5. The minimum atomic E-state index is -0.468. The Morgan fingerprint density at radius 1 is 1.60 bits per heavy atom. The minimum absolute atomic E-state index is 0.171. The van der Waals surface area contributed by atoms with Gasteiger partial charge in [0.2, 0.25) is 12.1 Å². The van der Waals surface area contributed by atoms with Crippen molar-refractivity contribution in [2.24, 2.45) is 10.2 Å². The highest BCUT2D eigenvalue weighted by atomic mass is 35.5. The summed E-state index contributed by atoms with van der Waals surface area (Å²) in [7, 11) is 0. The molecule has 0 aliphatic carbocycles. The topological polar surface area (TPSA) is 86.9 Å². The molecule has 1 atom stereocenters. The van der Waals surface area contributed by atoms with Gasteiger partial charge in [0.25, 0.3) is 0 Å². The van der Waals surface area contributed by atoms with Crippen LogP contribution in [0.15, 0.2) is 40.3 Å². The summed E-state index contributed by atoms with van der Waals surface area (Å²) < 4.78 is 5.67. The molecule has 1 aliphatic rings. The number of nitrogens with one attached hydrogen (secondary N) is 2. The zero-order valence-electron chi connectivity index (χ0n) is 10.8. The number of hydrogen-bond donors (Lipinski definition) is 2. The number of amidine groups is 1. The molecular formula is C13H13ClN4O2. The van der Waals surface area contributed by atoms with Gasteiger partial charge in [-0.25, -0.2) is 4.99 Å². The van der Waals surface area contributed by atoms with E-state index in [-0.39, 0.29) is 5.70 Å². The number of halogens is 1. The summed E-state index contributed by atoms with van der Waals surface area (Å²) in [5, 5.41) is 13.3. The van der Waals surface area contributed by atoms with Crippen LogP contribution in [0.5, 0.6) is 5.75 Å². The fraction of sp³-hybridized carbons (Fsp3) is 0.231. The predicted octanol–water partition coefficient (Wildman–Crippen LogP) is 2.87. The van der Waals surface area contributed by atoms with Gasteiger partial charge in [-0.3, -0.25) is 5.41 Å². The van der Waals surface area contributed by atoms with Crippen molar-refractivity contribution in [1.82, 2.24) is 5.32 Å². The third kappa shape index (κ3) is 3.21. The molecule has 0 aromatic heterocycles. The molecule has 2 rings (SSSR count). The Hall–Kier alpha value is -2.21. The number of rotatable bonds is 4. The van der Waals surface area contributed by atoms with E-state index in [1.807, 2.05) is 13.0 Å². The highest BCUT2D eigenvalue weighted by Crippen LogP contribution is 2.23. The molecule has 20 heavy (non-hydrogen) atoms. The zero-order valence-corrected chi connectivity index (χ0v) is 11.5. The number of benzene rings is 1. The van der Waals surface area contributed by atoms with Crippen LogP contribution in [-0.4, -0.2) is 18.3 Å². The number of aryl methyl sites for hydroxylation is 1. The molecule has 1 heterocycles. The second-order valence-corrected chi connectivity index (χ2v) is 4.47. The van der Waals surface area contributed by atoms with Crippen molar-refractivity contribution in [3.05, 3.63) is 45.6 Å². The van der Waals surface area contributed by atoms with E-state index in [1.54, 1.807) is 12.1 Å². The van der Waals surface area contributed by atoms with Crippen LogP contribution in [0.3, 0.4) is 0 Å². The normalized spacial score (nSPS) is 17.1. The summed E-state index contributed by atoms with van der Waals surface area (Å²) in [4.78, 5) is 14.2. The highest BCUT2D eigenvalue weighted by Gasteiger charge is 2.14. The van der Waals surface area contributed by atoms with Gasteiger partial charge in [0.05, 0.1) is 6.21 Å². The molecular weight excluding hydrogens is 280 g/mol. The van der Waals surface area contributed by atoms with Gasteiger partial charge in [-0.15, -0.1) is 4.91 Å². The van der Waals surface area contributed by atoms with Crippen molar-refractivity contribution in [1.29, 1.82) is 5.41 Å². The van der Waals surface area contributed by atoms with Crippen molar-refractivity contribution in [3.63, 3.8) is 0 Å². The molecule has 0 bridgehead atoms. The molecule has 1 aromatic carbocycles. The van der Waals surface area contributed by atoms with Gasteiger partial charge in [0.15, 0.2) is 0 Å². The second kappa shape index (κ2) is 6.29. The van der Waals surface area contributed by atoms with E-state index in [4.69, 9.17) is 21.7 Å². The Morgan fingerprint density at radius 2 is 2.40 bits per heavy atom. The van der Waals surface area contributed by atoms with E-state index < -0.39 is 12.1 Å². The lowest BCUT2D eigenvalue weighted by Gasteiger charge is -2.19. The fourth-order valence-electron chi connectivity index (χ4n) is 1.67. The van der Waals surface area contributed by atoms with Gasteiger partial charge in [-0.05, 0) is 35.4 Å². The molecule has 0 spiro atoms. The first kappa shape index (κ1) is 14.2. The maximum atomic E-state index is 10.2. The summed E-state index contributed by atoms with van der Waals surface area (Å²) in [6.07, 6.45) is 3.23. The SMILES string of the molecule is CCc1cc(OC2C=NC(C(=N)N=O)=CN2)ccc1Cl. The van der Waals surface area contributed by atoms with Crippen LogP contribution in [0.2, 0.25) is 5.02 Å². The van der Waals surface area contributed by atoms with Crippen LogP contribution in [0.1, 0.15) is 12.5 Å². The van der Waals surface area contributed by atoms with Gasteiger partial charge in [-0.1, -0.05) is 18.5 Å². The van der Waals surface area contributed by atoms with E-state index in [0.717, 1.165) is 12.0 Å². The smallest absolute Gasteiger partial charge is 0.216 e. The van der Waals surface area contributed by atoms with Gasteiger partial charge in [0, 0.05) is 11.2 Å². The Bertz CT molecular complexity index is 598. The zero-order chi connectivity index (χ0) is 14.5. The van der Waals surface area contributed by atoms with Crippen LogP contribution < -0.4 is 10.1 Å². The van der Waals surface area contributed by atoms with Crippen LogP contribution in [0.25, 0.3) is 0 Å². The van der Waals surface area contributed by atoms with Crippen molar-refractivity contribution >= 4 is 23.7 Å². The lowest BCUT2D eigenvalue weighted by Crippen LogP contribution is -2.35. The lowest BCUT2D eigenvalue weighted by atomic mass is 10.1. The Labute approximate surface area is 121 Å². The molecule has 1 aromatic rings. The first-order valence-electron chi connectivity index (χ1n) is 6.01. The third-order valence-electron chi connectivity index (χ3n) is 2.73. The number of ether oxygens (including phenoxy) is 1. The van der Waals surface area contributed by atoms with Crippen molar-refractivity contribution in [3.8, 4) is 5.75 Å². The van der Waals surface area contributed by atoms with Crippen LogP contribution in [-0.2, 0) is 6.42 Å². The summed E-state index contributed by atoms with van der Waals surface area (Å²) >= 11 is 6.04. The Morgan fingerprint density at radius 3 is 3.00 bits per heavy atom. The number of nitrogens with zero attached hydrogens (tertiary/aromatic N) is 2. The van der Waals surface area contributed by atoms with Crippen molar-refractivity contribution in [2.75, 3.05) is 0 Å². The summed E-state index contributed by atoms with van der Waals surface area (Å²) in [6, 6.07) is 5.42. The van der Waals surface area contributed by atoms with Gasteiger partial charge >= 0.3 is 0 Å². The van der Waals surface area contributed by atoms with Crippen LogP contribution >= 0.6 is 11.6 Å². The molecule has 1 unspecified atom stereocenters. The first-order valence-corrected chi connectivity index (χ1v) is 6.39. The number of aliphatic imine (C=N–C) groups is 1. The maximum absolute atomic E-state index is 10.2. The van der Waals surface area contributed by atoms with E-state index in [9.17, 15) is 4.91 Å². The lowest BCUT2D eigenvalue weighted by molar-refractivity contribution is 0.249. The quantitative estimate of drug-likeness (QED) is 0.508. The highest BCUT2D eigenvalue weighted by molar-refractivity contribution is 6.31. The van der Waals surface area contributed by atoms with Crippen LogP contribution in [0, 0.1) is 10.3 Å². The van der Waals surface area contributed by atoms with Crippen molar-refractivity contribution < 1.29 is 4.74 Å². The van der Waals surface area contributed by atoms with E-state index in [2.05, 4.69) is 15.5 Å². The average Bonchev–Trinajstić information content (AvgIpc) is 2.49. The molecule has 2 N–H and O–H groups in total. The van der Waals surface area contributed by atoms with Gasteiger partial charge < -0.3 is 10.1 Å². The predicted molar refractivity (Wildman–Crippen MR) is 78.5 cm³/mol. The first-order chi connectivity index (χ1) is 9.63. The monoisotopic (exact) mass is 292 g/mol. The van der Waals surface area contributed by atoms with Gasteiger partial charge in [0.1, 0.15) is 11.4 Å². The largest absolute Gasteiger partial charge is 0.465 e. The molecule has 1 aliphatic heterocycles. The molecule has 0 saturated carbocycles. The molecule has 0 saturated heterocycles. The van der Waals surface area contributed by atoms with E-state index >= 15 is 0 Å². The third-order valence-corrected chi connectivity index (χ3v) is 3.10. The van der Waals surface area contributed by atoms with E-state index in [0.29, 0.717) is 10.8 Å². The van der Waals surface area contributed by atoms with Crippen LogP contribution in [0.4, 0.5) is 0 Å². The fourth-order valence-corrected chi connectivity index (χ4v) is 1.92. The molecule has 0 radical (unpaired) electrons.